The van der Waals surface area contributed by atoms with Crippen LogP contribution in [0.3, 0.4) is 0 Å². The average molecular weight is 329 g/mol. The van der Waals surface area contributed by atoms with E-state index >= 15 is 0 Å². The Hall–Kier alpha value is -1.03. The summed E-state index contributed by atoms with van der Waals surface area (Å²) >= 11 is 3.37. The van der Waals surface area contributed by atoms with E-state index in [0.717, 1.165) is 36.8 Å². The van der Waals surface area contributed by atoms with Crippen molar-refractivity contribution < 1.29 is 14.3 Å². The smallest absolute Gasteiger partial charge is 0.338 e. The minimum atomic E-state index is -0.263. The Morgan fingerprint density at radius 1 is 1.11 bits per heavy atom. The summed E-state index contributed by atoms with van der Waals surface area (Å²) in [5, 5.41) is 1.00. The molecule has 3 nitrogen and oxygen atoms in total. The molecule has 0 radical (unpaired) electrons. The van der Waals surface area contributed by atoms with E-state index in [1.54, 1.807) is 24.3 Å². The third-order valence-electron chi connectivity index (χ3n) is 2.57. The Kier molecular flexibility index (Phi) is 8.30. The third kappa shape index (κ3) is 6.62. The van der Waals surface area contributed by atoms with E-state index in [0.29, 0.717) is 18.8 Å². The Morgan fingerprint density at radius 3 is 2.47 bits per heavy atom. The molecule has 0 aliphatic carbocycles. The summed E-state index contributed by atoms with van der Waals surface area (Å²) in [5.74, 6) is 0.525. The lowest BCUT2D eigenvalue weighted by molar-refractivity contribution is 0.0498. The van der Waals surface area contributed by atoms with E-state index in [1.807, 2.05) is 0 Å². The Bertz CT molecular complexity index is 362. The van der Waals surface area contributed by atoms with Crippen LogP contribution in [0.5, 0.6) is 5.75 Å². The Morgan fingerprint density at radius 2 is 1.84 bits per heavy atom. The number of hydrogen-bond donors (Lipinski definition) is 0. The molecule has 0 aliphatic heterocycles. The van der Waals surface area contributed by atoms with Gasteiger partial charge in [-0.05, 0) is 49.9 Å². The zero-order valence-electron chi connectivity index (χ0n) is 11.4. The van der Waals surface area contributed by atoms with Crippen molar-refractivity contribution >= 4 is 21.9 Å². The lowest BCUT2D eigenvalue weighted by Gasteiger charge is -2.06. The number of carbonyl (C=O) groups excluding carboxylic acids is 1. The first-order chi connectivity index (χ1) is 9.27. The van der Waals surface area contributed by atoms with Gasteiger partial charge in [0.25, 0.3) is 0 Å². The summed E-state index contributed by atoms with van der Waals surface area (Å²) in [4.78, 5) is 11.7. The van der Waals surface area contributed by atoms with Crippen molar-refractivity contribution in [3.8, 4) is 5.75 Å². The van der Waals surface area contributed by atoms with Crippen LogP contribution in [0.4, 0.5) is 0 Å². The maximum atomic E-state index is 11.7. The molecule has 0 atom stereocenters. The van der Waals surface area contributed by atoms with Gasteiger partial charge in [0.2, 0.25) is 0 Å². The first-order valence-electron chi connectivity index (χ1n) is 6.74. The summed E-state index contributed by atoms with van der Waals surface area (Å²) < 4.78 is 10.7. The number of rotatable bonds is 9. The van der Waals surface area contributed by atoms with Gasteiger partial charge in [0.15, 0.2) is 0 Å². The second kappa shape index (κ2) is 9.84. The van der Waals surface area contributed by atoms with Crippen molar-refractivity contribution in [2.45, 2.75) is 32.6 Å². The van der Waals surface area contributed by atoms with E-state index in [2.05, 4.69) is 22.9 Å². The fraction of sp³-hybridized carbons (Fsp3) is 0.533. The Balaban J connectivity index is 2.32. The molecule has 0 heterocycles. The molecule has 0 saturated heterocycles. The van der Waals surface area contributed by atoms with Gasteiger partial charge in [-0.25, -0.2) is 4.79 Å². The van der Waals surface area contributed by atoms with Crippen LogP contribution in [-0.4, -0.2) is 24.5 Å². The number of benzene rings is 1. The first-order valence-corrected chi connectivity index (χ1v) is 7.86. The van der Waals surface area contributed by atoms with Gasteiger partial charge in [0, 0.05) is 5.33 Å². The minimum absolute atomic E-state index is 0.263. The highest BCUT2D eigenvalue weighted by atomic mass is 79.9. The van der Waals surface area contributed by atoms with Crippen molar-refractivity contribution in [1.29, 1.82) is 0 Å². The van der Waals surface area contributed by atoms with Crippen LogP contribution < -0.4 is 4.74 Å². The zero-order valence-corrected chi connectivity index (χ0v) is 12.9. The van der Waals surface area contributed by atoms with Gasteiger partial charge in [0.1, 0.15) is 5.75 Å². The zero-order chi connectivity index (χ0) is 13.9. The molecular formula is C15H21BrO3. The fourth-order valence-corrected chi connectivity index (χ4v) is 1.93. The van der Waals surface area contributed by atoms with E-state index < -0.39 is 0 Å². The predicted molar refractivity (Wildman–Crippen MR) is 80.2 cm³/mol. The van der Waals surface area contributed by atoms with Crippen LogP contribution in [0.15, 0.2) is 24.3 Å². The number of hydrogen-bond acceptors (Lipinski definition) is 3. The van der Waals surface area contributed by atoms with Gasteiger partial charge in [-0.3, -0.25) is 0 Å². The van der Waals surface area contributed by atoms with Gasteiger partial charge < -0.3 is 9.47 Å². The molecule has 0 aromatic heterocycles. The SMILES string of the molecule is CCCOc1ccc(C(=O)OCCCCCBr)cc1. The second-order valence-corrected chi connectivity index (χ2v) is 5.05. The van der Waals surface area contributed by atoms with Crippen LogP contribution >= 0.6 is 15.9 Å². The van der Waals surface area contributed by atoms with Crippen molar-refractivity contribution in [1.82, 2.24) is 0 Å². The molecule has 0 unspecified atom stereocenters. The van der Waals surface area contributed by atoms with Crippen LogP contribution in [0, 0.1) is 0 Å². The number of ether oxygens (including phenoxy) is 2. The van der Waals surface area contributed by atoms with E-state index in [-0.39, 0.29) is 5.97 Å². The van der Waals surface area contributed by atoms with E-state index in [1.165, 1.54) is 0 Å². The van der Waals surface area contributed by atoms with Crippen molar-refractivity contribution in [2.24, 2.45) is 0 Å². The topological polar surface area (TPSA) is 35.5 Å². The number of unbranched alkanes of at least 4 members (excludes halogenated alkanes) is 2. The lowest BCUT2D eigenvalue weighted by atomic mass is 10.2. The quantitative estimate of drug-likeness (QED) is 0.387. The predicted octanol–water partition coefficient (Wildman–Crippen LogP) is 4.20. The number of halogens is 1. The summed E-state index contributed by atoms with van der Waals surface area (Å²) in [6.45, 7) is 3.23. The molecule has 0 amide bonds. The Labute approximate surface area is 123 Å². The van der Waals surface area contributed by atoms with Crippen molar-refractivity contribution in [3.63, 3.8) is 0 Å². The maximum absolute atomic E-state index is 11.7. The molecule has 0 N–H and O–H groups in total. The standard InChI is InChI=1S/C15H21BrO3/c1-2-11-18-14-8-6-13(7-9-14)15(17)19-12-5-3-4-10-16/h6-9H,2-5,10-12H2,1H3. The summed E-state index contributed by atoms with van der Waals surface area (Å²) in [5.41, 5.74) is 0.573. The summed E-state index contributed by atoms with van der Waals surface area (Å²) in [6, 6.07) is 7.09. The maximum Gasteiger partial charge on any atom is 0.338 e. The molecule has 0 aliphatic rings. The normalized spacial score (nSPS) is 10.2. The van der Waals surface area contributed by atoms with Crippen LogP contribution in [0.25, 0.3) is 0 Å². The fourth-order valence-electron chi connectivity index (χ4n) is 1.53. The molecular weight excluding hydrogens is 308 g/mol. The third-order valence-corrected chi connectivity index (χ3v) is 3.13. The molecule has 0 bridgehead atoms. The molecule has 0 saturated carbocycles. The number of carbonyl (C=O) groups is 1. The monoisotopic (exact) mass is 328 g/mol. The highest BCUT2D eigenvalue weighted by Crippen LogP contribution is 2.13. The van der Waals surface area contributed by atoms with E-state index in [9.17, 15) is 4.79 Å². The minimum Gasteiger partial charge on any atom is -0.494 e. The first kappa shape index (κ1) is 16.0. The van der Waals surface area contributed by atoms with Gasteiger partial charge in [-0.1, -0.05) is 22.9 Å². The van der Waals surface area contributed by atoms with Crippen LogP contribution in [0.2, 0.25) is 0 Å². The molecule has 106 valence electrons. The van der Waals surface area contributed by atoms with Gasteiger partial charge in [-0.2, -0.15) is 0 Å². The van der Waals surface area contributed by atoms with Gasteiger partial charge in [-0.15, -0.1) is 0 Å². The average Bonchev–Trinajstić information content (AvgIpc) is 2.45. The van der Waals surface area contributed by atoms with E-state index in [4.69, 9.17) is 9.47 Å². The van der Waals surface area contributed by atoms with Crippen molar-refractivity contribution in [2.75, 3.05) is 18.5 Å². The molecule has 4 heteroatoms. The number of esters is 1. The molecule has 1 rings (SSSR count). The highest BCUT2D eigenvalue weighted by Gasteiger charge is 2.06. The van der Waals surface area contributed by atoms with Crippen molar-refractivity contribution in [3.05, 3.63) is 29.8 Å². The summed E-state index contributed by atoms with van der Waals surface area (Å²) in [7, 11) is 0. The second-order valence-electron chi connectivity index (χ2n) is 4.26. The lowest BCUT2D eigenvalue weighted by Crippen LogP contribution is -2.06. The van der Waals surface area contributed by atoms with Gasteiger partial charge in [0.05, 0.1) is 18.8 Å². The molecule has 1 aromatic carbocycles. The molecule has 0 fully saturated rings. The van der Waals surface area contributed by atoms with Crippen LogP contribution in [-0.2, 0) is 4.74 Å². The molecule has 19 heavy (non-hydrogen) atoms. The molecule has 0 spiro atoms. The number of alkyl halides is 1. The highest BCUT2D eigenvalue weighted by molar-refractivity contribution is 9.09. The largest absolute Gasteiger partial charge is 0.494 e. The van der Waals surface area contributed by atoms with Crippen LogP contribution in [0.1, 0.15) is 43.0 Å². The summed E-state index contributed by atoms with van der Waals surface area (Å²) in [6.07, 6.45) is 4.07. The molecule has 1 aromatic rings. The van der Waals surface area contributed by atoms with Gasteiger partial charge >= 0.3 is 5.97 Å².